The number of hydrogen-bond donors (Lipinski definition) is 3. The maximum absolute atomic E-state index is 12.9. The lowest BCUT2D eigenvalue weighted by Crippen LogP contribution is -2.50. The van der Waals surface area contributed by atoms with Crippen LogP contribution in [-0.2, 0) is 4.79 Å². The number of hydrogen-bond acceptors (Lipinski definition) is 3. The van der Waals surface area contributed by atoms with Gasteiger partial charge in [0, 0.05) is 6.54 Å². The zero-order valence-corrected chi connectivity index (χ0v) is 12.6. The van der Waals surface area contributed by atoms with E-state index in [2.05, 4.69) is 16.2 Å². The van der Waals surface area contributed by atoms with Crippen molar-refractivity contribution < 1.29 is 13.9 Å². The summed E-state index contributed by atoms with van der Waals surface area (Å²) in [6.45, 7) is 4.05. The zero-order valence-electron chi connectivity index (χ0n) is 11.0. The Kier molecular flexibility index (Phi) is 6.47. The van der Waals surface area contributed by atoms with Crippen molar-refractivity contribution in [3.8, 4) is 5.75 Å². The predicted octanol–water partition coefficient (Wildman–Crippen LogP) is 1.76. The molecule has 1 atom stereocenters. The first-order valence-corrected chi connectivity index (χ1v) is 6.68. The highest BCUT2D eigenvalue weighted by molar-refractivity contribution is 7.80. The molecule has 20 heavy (non-hydrogen) atoms. The van der Waals surface area contributed by atoms with Gasteiger partial charge in [0.15, 0.2) is 11.2 Å². The zero-order chi connectivity index (χ0) is 15.1. The Labute approximate surface area is 126 Å². The van der Waals surface area contributed by atoms with Crippen LogP contribution in [0.1, 0.15) is 13.8 Å². The molecule has 0 aliphatic rings. The molecular weight excluding hydrogens is 305 g/mol. The van der Waals surface area contributed by atoms with Gasteiger partial charge in [-0.05, 0) is 44.3 Å². The number of benzene rings is 1. The molecule has 0 heterocycles. The highest BCUT2D eigenvalue weighted by Crippen LogP contribution is 2.25. The third-order valence-electron chi connectivity index (χ3n) is 2.20. The third-order valence-corrected chi connectivity index (χ3v) is 2.75. The molecule has 0 spiro atoms. The Morgan fingerprint density at radius 3 is 2.80 bits per heavy atom. The molecule has 0 saturated carbocycles. The minimum atomic E-state index is -0.824. The van der Waals surface area contributed by atoms with Crippen molar-refractivity contribution in [2.75, 3.05) is 6.54 Å². The number of carbonyl (C=O) groups is 1. The molecule has 1 rings (SSSR count). The van der Waals surface area contributed by atoms with Gasteiger partial charge in [0.05, 0.1) is 5.02 Å². The van der Waals surface area contributed by atoms with Crippen LogP contribution in [0.25, 0.3) is 0 Å². The quantitative estimate of drug-likeness (QED) is 0.583. The Hall–Kier alpha value is -1.60. The monoisotopic (exact) mass is 319 g/mol. The Morgan fingerprint density at radius 1 is 1.50 bits per heavy atom. The lowest BCUT2D eigenvalue weighted by Gasteiger charge is -2.16. The van der Waals surface area contributed by atoms with Crippen molar-refractivity contribution in [3.63, 3.8) is 0 Å². The summed E-state index contributed by atoms with van der Waals surface area (Å²) in [6, 6.07) is 3.67. The standard InChI is InChI=1S/C12H15ClFN3O2S/c1-3-15-12(20)17-16-11(18)7(2)19-10-5-4-8(14)6-9(10)13/h4-7H,3H2,1-2H3,(H,16,18)(H2,15,17,20)/t7-/m1/s1. The number of halogens is 2. The maximum Gasteiger partial charge on any atom is 0.279 e. The van der Waals surface area contributed by atoms with Gasteiger partial charge in [-0.15, -0.1) is 0 Å². The topological polar surface area (TPSA) is 62.4 Å². The van der Waals surface area contributed by atoms with Crippen LogP contribution in [0.5, 0.6) is 5.75 Å². The maximum atomic E-state index is 12.9. The van der Waals surface area contributed by atoms with E-state index in [0.717, 1.165) is 6.07 Å². The smallest absolute Gasteiger partial charge is 0.279 e. The average molecular weight is 320 g/mol. The van der Waals surface area contributed by atoms with Crippen LogP contribution in [0.4, 0.5) is 4.39 Å². The molecule has 1 aromatic rings. The van der Waals surface area contributed by atoms with E-state index in [0.29, 0.717) is 11.7 Å². The molecule has 8 heteroatoms. The van der Waals surface area contributed by atoms with E-state index in [1.165, 1.54) is 19.1 Å². The van der Waals surface area contributed by atoms with Gasteiger partial charge in [-0.2, -0.15) is 0 Å². The first-order valence-electron chi connectivity index (χ1n) is 5.89. The number of hydrazine groups is 1. The molecule has 0 fully saturated rings. The van der Waals surface area contributed by atoms with E-state index in [1.807, 2.05) is 6.92 Å². The molecule has 0 aliphatic heterocycles. The normalized spacial score (nSPS) is 11.4. The number of ether oxygens (including phenoxy) is 1. The summed E-state index contributed by atoms with van der Waals surface area (Å²) in [5.74, 6) is -0.687. The third kappa shape index (κ3) is 5.18. The van der Waals surface area contributed by atoms with Crippen LogP contribution in [0.2, 0.25) is 5.02 Å². The molecule has 0 aromatic heterocycles. The molecular formula is C12H15ClFN3O2S. The fourth-order valence-electron chi connectivity index (χ4n) is 1.24. The summed E-state index contributed by atoms with van der Waals surface area (Å²) in [7, 11) is 0. The van der Waals surface area contributed by atoms with Gasteiger partial charge in [0.25, 0.3) is 5.91 Å². The van der Waals surface area contributed by atoms with Crippen LogP contribution in [0.15, 0.2) is 18.2 Å². The number of carbonyl (C=O) groups excluding carboxylic acids is 1. The number of amides is 1. The SMILES string of the molecule is CCNC(=S)NNC(=O)[C@@H](C)Oc1ccc(F)cc1Cl. The van der Waals surface area contributed by atoms with Gasteiger partial charge in [-0.1, -0.05) is 11.6 Å². The second-order valence-electron chi connectivity index (χ2n) is 3.81. The van der Waals surface area contributed by atoms with Gasteiger partial charge < -0.3 is 10.1 Å². The van der Waals surface area contributed by atoms with Crippen molar-refractivity contribution >= 4 is 34.8 Å². The highest BCUT2D eigenvalue weighted by Gasteiger charge is 2.16. The number of thiocarbonyl (C=S) groups is 1. The second-order valence-corrected chi connectivity index (χ2v) is 4.62. The van der Waals surface area contributed by atoms with Gasteiger partial charge in [-0.3, -0.25) is 15.6 Å². The van der Waals surface area contributed by atoms with E-state index in [-0.39, 0.29) is 10.8 Å². The fraction of sp³-hybridized carbons (Fsp3) is 0.333. The minimum absolute atomic E-state index is 0.0979. The molecule has 0 aliphatic carbocycles. The van der Waals surface area contributed by atoms with Crippen molar-refractivity contribution in [2.24, 2.45) is 0 Å². The van der Waals surface area contributed by atoms with Gasteiger partial charge in [0.2, 0.25) is 0 Å². The van der Waals surface area contributed by atoms with Crippen LogP contribution in [0, 0.1) is 5.82 Å². The minimum Gasteiger partial charge on any atom is -0.479 e. The first kappa shape index (κ1) is 16.5. The number of rotatable bonds is 4. The van der Waals surface area contributed by atoms with Crippen LogP contribution < -0.4 is 20.9 Å². The fourth-order valence-corrected chi connectivity index (χ4v) is 1.65. The van der Waals surface area contributed by atoms with E-state index in [4.69, 9.17) is 28.6 Å². The lowest BCUT2D eigenvalue weighted by atomic mass is 10.3. The molecule has 0 radical (unpaired) electrons. The molecule has 0 unspecified atom stereocenters. The van der Waals surface area contributed by atoms with E-state index in [1.54, 1.807) is 0 Å². The summed E-state index contributed by atoms with van der Waals surface area (Å²) < 4.78 is 18.2. The van der Waals surface area contributed by atoms with Crippen LogP contribution in [0.3, 0.4) is 0 Å². The summed E-state index contributed by atoms with van der Waals surface area (Å²) in [5.41, 5.74) is 4.90. The Bertz CT molecular complexity index is 502. The van der Waals surface area contributed by atoms with Crippen molar-refractivity contribution in [3.05, 3.63) is 29.0 Å². The van der Waals surface area contributed by atoms with Crippen molar-refractivity contribution in [1.29, 1.82) is 0 Å². The molecule has 1 amide bonds. The molecule has 1 aromatic carbocycles. The van der Waals surface area contributed by atoms with Crippen LogP contribution >= 0.6 is 23.8 Å². The van der Waals surface area contributed by atoms with E-state index >= 15 is 0 Å². The van der Waals surface area contributed by atoms with Crippen LogP contribution in [-0.4, -0.2) is 23.7 Å². The largest absolute Gasteiger partial charge is 0.479 e. The Morgan fingerprint density at radius 2 is 2.20 bits per heavy atom. The molecule has 110 valence electrons. The highest BCUT2D eigenvalue weighted by atomic mass is 35.5. The van der Waals surface area contributed by atoms with E-state index < -0.39 is 17.8 Å². The second kappa shape index (κ2) is 7.86. The molecule has 3 N–H and O–H groups in total. The summed E-state index contributed by atoms with van der Waals surface area (Å²) in [5, 5.41) is 3.20. The van der Waals surface area contributed by atoms with Gasteiger partial charge >= 0.3 is 0 Å². The predicted molar refractivity (Wildman–Crippen MR) is 79.1 cm³/mol. The number of nitrogens with one attached hydrogen (secondary N) is 3. The van der Waals surface area contributed by atoms with Gasteiger partial charge in [-0.25, -0.2) is 4.39 Å². The van der Waals surface area contributed by atoms with Gasteiger partial charge in [0.1, 0.15) is 11.6 Å². The molecule has 0 bridgehead atoms. The summed E-state index contributed by atoms with van der Waals surface area (Å²) in [6.07, 6.45) is -0.824. The van der Waals surface area contributed by atoms with Crippen molar-refractivity contribution in [1.82, 2.24) is 16.2 Å². The van der Waals surface area contributed by atoms with Crippen molar-refractivity contribution in [2.45, 2.75) is 20.0 Å². The van der Waals surface area contributed by atoms with E-state index in [9.17, 15) is 9.18 Å². The summed E-state index contributed by atoms with van der Waals surface area (Å²) in [4.78, 5) is 11.7. The first-order chi connectivity index (χ1) is 9.43. The lowest BCUT2D eigenvalue weighted by molar-refractivity contribution is -0.127. The average Bonchev–Trinajstić information content (AvgIpc) is 2.39. The molecule has 5 nitrogen and oxygen atoms in total. The summed E-state index contributed by atoms with van der Waals surface area (Å²) >= 11 is 10.7. The Balaban J connectivity index is 2.51. The molecule has 0 saturated heterocycles.